The van der Waals surface area contributed by atoms with Crippen LogP contribution in [0.25, 0.3) is 11.3 Å². The van der Waals surface area contributed by atoms with Crippen molar-refractivity contribution >= 4 is 28.5 Å². The second kappa shape index (κ2) is 8.22. The molecular formula is C19H15FIN3O2. The summed E-state index contributed by atoms with van der Waals surface area (Å²) >= 11 is 2.17. The Morgan fingerprint density at radius 2 is 1.81 bits per heavy atom. The molecular weight excluding hydrogens is 448 g/mol. The van der Waals surface area contributed by atoms with Crippen LogP contribution in [0.1, 0.15) is 10.4 Å². The average Bonchev–Trinajstić information content (AvgIpc) is 2.64. The molecule has 0 aliphatic heterocycles. The van der Waals surface area contributed by atoms with Crippen LogP contribution in [0.15, 0.2) is 65.7 Å². The lowest BCUT2D eigenvalue weighted by Crippen LogP contribution is -2.30. The molecule has 132 valence electrons. The third-order valence-corrected chi connectivity index (χ3v) is 4.48. The Morgan fingerprint density at radius 3 is 2.46 bits per heavy atom. The second-order valence-corrected chi connectivity index (χ2v) is 6.82. The van der Waals surface area contributed by atoms with Crippen molar-refractivity contribution in [2.75, 3.05) is 6.54 Å². The summed E-state index contributed by atoms with van der Waals surface area (Å²) in [6, 6.07) is 14.4. The summed E-state index contributed by atoms with van der Waals surface area (Å²) in [5.41, 5.74) is 1.49. The lowest BCUT2D eigenvalue weighted by atomic mass is 10.1. The fourth-order valence-corrected chi connectivity index (χ4v) is 2.73. The van der Waals surface area contributed by atoms with Crippen LogP contribution >= 0.6 is 22.6 Å². The highest BCUT2D eigenvalue weighted by molar-refractivity contribution is 14.1. The van der Waals surface area contributed by atoms with Crippen LogP contribution in [0.2, 0.25) is 0 Å². The molecule has 1 heterocycles. The van der Waals surface area contributed by atoms with Gasteiger partial charge < -0.3 is 5.32 Å². The highest BCUT2D eigenvalue weighted by Crippen LogP contribution is 2.15. The van der Waals surface area contributed by atoms with Gasteiger partial charge in [-0.1, -0.05) is 0 Å². The quantitative estimate of drug-likeness (QED) is 0.592. The van der Waals surface area contributed by atoms with Gasteiger partial charge in [-0.3, -0.25) is 14.2 Å². The zero-order chi connectivity index (χ0) is 18.5. The number of carbonyl (C=O) groups excluding carboxylic acids is 1. The first-order valence-electron chi connectivity index (χ1n) is 7.89. The van der Waals surface area contributed by atoms with Crippen molar-refractivity contribution in [3.63, 3.8) is 0 Å². The molecule has 0 saturated carbocycles. The normalized spacial score (nSPS) is 10.5. The molecule has 0 radical (unpaired) electrons. The fourth-order valence-electron chi connectivity index (χ4n) is 2.37. The predicted octanol–water partition coefficient (Wildman–Crippen LogP) is 3.08. The molecule has 3 aromatic rings. The number of nitrogens with one attached hydrogen (secondary N) is 1. The minimum absolute atomic E-state index is 0.189. The van der Waals surface area contributed by atoms with Gasteiger partial charge in [-0.15, -0.1) is 0 Å². The number of halogens is 2. The highest BCUT2D eigenvalue weighted by atomic mass is 127. The summed E-state index contributed by atoms with van der Waals surface area (Å²) in [6.45, 7) is 0.619. The number of hydrogen-bond acceptors (Lipinski definition) is 3. The Kier molecular flexibility index (Phi) is 5.77. The number of nitrogens with zero attached hydrogens (tertiary/aromatic N) is 2. The molecule has 0 fully saturated rings. The Balaban J connectivity index is 1.62. The Bertz CT molecular complexity index is 969. The van der Waals surface area contributed by atoms with E-state index in [-0.39, 0.29) is 17.3 Å². The van der Waals surface area contributed by atoms with Gasteiger partial charge in [-0.2, -0.15) is 0 Å². The summed E-state index contributed by atoms with van der Waals surface area (Å²) in [6.07, 6.45) is 1.43. The number of benzene rings is 2. The maximum absolute atomic E-state index is 13.0. The zero-order valence-corrected chi connectivity index (χ0v) is 15.8. The van der Waals surface area contributed by atoms with Gasteiger partial charge in [-0.25, -0.2) is 9.37 Å². The Morgan fingerprint density at radius 1 is 1.12 bits per heavy atom. The van der Waals surface area contributed by atoms with E-state index in [4.69, 9.17) is 0 Å². The first kappa shape index (κ1) is 18.2. The van der Waals surface area contributed by atoms with Gasteiger partial charge in [-0.05, 0) is 71.1 Å². The second-order valence-electron chi connectivity index (χ2n) is 5.58. The van der Waals surface area contributed by atoms with Crippen LogP contribution < -0.4 is 10.9 Å². The van der Waals surface area contributed by atoms with E-state index in [0.29, 0.717) is 29.9 Å². The van der Waals surface area contributed by atoms with Crippen LogP contribution in [0.3, 0.4) is 0 Å². The Labute approximate surface area is 163 Å². The number of aromatic nitrogens is 2. The van der Waals surface area contributed by atoms with Crippen molar-refractivity contribution in [3.8, 4) is 11.3 Å². The van der Waals surface area contributed by atoms with E-state index in [1.165, 1.54) is 29.1 Å². The molecule has 1 N–H and O–H groups in total. The first-order chi connectivity index (χ1) is 12.5. The average molecular weight is 463 g/mol. The molecule has 0 aliphatic carbocycles. The van der Waals surface area contributed by atoms with Crippen LogP contribution in [0, 0.1) is 9.39 Å². The van der Waals surface area contributed by atoms with E-state index in [1.807, 2.05) is 12.1 Å². The molecule has 0 spiro atoms. The summed E-state index contributed by atoms with van der Waals surface area (Å²) in [5, 5.41) is 2.78. The van der Waals surface area contributed by atoms with Crippen LogP contribution in [0.5, 0.6) is 0 Å². The lowest BCUT2D eigenvalue weighted by Gasteiger charge is -2.08. The van der Waals surface area contributed by atoms with Crippen molar-refractivity contribution in [1.29, 1.82) is 0 Å². The van der Waals surface area contributed by atoms with Crippen LogP contribution in [0.4, 0.5) is 4.39 Å². The summed E-state index contributed by atoms with van der Waals surface area (Å²) < 4.78 is 15.4. The standard InChI is InChI=1S/C19H15FIN3O2/c20-15-5-1-13(2-6-15)17-11-18(25)24(12-23-17)10-9-22-19(26)14-3-7-16(21)8-4-14/h1-8,11-12H,9-10H2,(H,22,26). The summed E-state index contributed by atoms with van der Waals surface area (Å²) in [7, 11) is 0. The third kappa shape index (κ3) is 4.54. The lowest BCUT2D eigenvalue weighted by molar-refractivity contribution is 0.0952. The van der Waals surface area contributed by atoms with Crippen molar-refractivity contribution in [3.05, 3.63) is 86.2 Å². The molecule has 0 saturated heterocycles. The third-order valence-electron chi connectivity index (χ3n) is 3.76. The van der Waals surface area contributed by atoms with Gasteiger partial charge in [0.05, 0.1) is 12.0 Å². The number of rotatable bonds is 5. The van der Waals surface area contributed by atoms with Gasteiger partial charge in [0.25, 0.3) is 11.5 Å². The van der Waals surface area contributed by atoms with Gasteiger partial charge >= 0.3 is 0 Å². The molecule has 2 aromatic carbocycles. The molecule has 1 aromatic heterocycles. The first-order valence-corrected chi connectivity index (χ1v) is 8.97. The fraction of sp³-hybridized carbons (Fsp3) is 0.105. The molecule has 0 unspecified atom stereocenters. The largest absolute Gasteiger partial charge is 0.350 e. The molecule has 0 aliphatic rings. The van der Waals surface area contributed by atoms with E-state index in [1.54, 1.807) is 24.3 Å². The van der Waals surface area contributed by atoms with Crippen molar-refractivity contribution in [2.45, 2.75) is 6.54 Å². The van der Waals surface area contributed by atoms with Gasteiger partial charge in [0.1, 0.15) is 5.82 Å². The van der Waals surface area contributed by atoms with Crippen molar-refractivity contribution < 1.29 is 9.18 Å². The van der Waals surface area contributed by atoms with E-state index >= 15 is 0 Å². The number of hydrogen-bond donors (Lipinski definition) is 1. The predicted molar refractivity (Wildman–Crippen MR) is 105 cm³/mol. The minimum atomic E-state index is -0.342. The highest BCUT2D eigenvalue weighted by Gasteiger charge is 2.06. The van der Waals surface area contributed by atoms with E-state index in [9.17, 15) is 14.0 Å². The van der Waals surface area contributed by atoms with Gasteiger partial charge in [0.2, 0.25) is 0 Å². The van der Waals surface area contributed by atoms with E-state index < -0.39 is 0 Å². The smallest absolute Gasteiger partial charge is 0.253 e. The Hall–Kier alpha value is -2.55. The van der Waals surface area contributed by atoms with Crippen molar-refractivity contribution in [1.82, 2.24) is 14.9 Å². The monoisotopic (exact) mass is 463 g/mol. The van der Waals surface area contributed by atoms with Crippen LogP contribution in [-0.2, 0) is 6.54 Å². The molecule has 5 nitrogen and oxygen atoms in total. The molecule has 7 heteroatoms. The molecule has 3 rings (SSSR count). The van der Waals surface area contributed by atoms with Gasteiger partial charge in [0.15, 0.2) is 0 Å². The SMILES string of the molecule is O=C(NCCn1cnc(-c2ccc(F)cc2)cc1=O)c1ccc(I)cc1. The number of amides is 1. The molecule has 1 amide bonds. The maximum atomic E-state index is 13.0. The number of carbonyl (C=O) groups is 1. The molecule has 0 bridgehead atoms. The topological polar surface area (TPSA) is 64.0 Å². The molecule has 0 atom stereocenters. The minimum Gasteiger partial charge on any atom is -0.350 e. The van der Waals surface area contributed by atoms with Crippen LogP contribution in [-0.4, -0.2) is 22.0 Å². The van der Waals surface area contributed by atoms with Gasteiger partial charge in [0, 0.05) is 33.9 Å². The summed E-state index contributed by atoms with van der Waals surface area (Å²) in [5.74, 6) is -0.531. The summed E-state index contributed by atoms with van der Waals surface area (Å²) in [4.78, 5) is 28.5. The van der Waals surface area contributed by atoms with E-state index in [0.717, 1.165) is 3.57 Å². The van der Waals surface area contributed by atoms with E-state index in [2.05, 4.69) is 32.9 Å². The zero-order valence-electron chi connectivity index (χ0n) is 13.7. The maximum Gasteiger partial charge on any atom is 0.253 e. The van der Waals surface area contributed by atoms with Crippen molar-refractivity contribution in [2.24, 2.45) is 0 Å². The molecule has 26 heavy (non-hydrogen) atoms.